The van der Waals surface area contributed by atoms with Gasteiger partial charge in [-0.1, -0.05) is 12.1 Å². The molecular weight excluding hydrogens is 302 g/mol. The van der Waals surface area contributed by atoms with Gasteiger partial charge in [0.1, 0.15) is 5.56 Å². The van der Waals surface area contributed by atoms with Crippen LogP contribution in [0.4, 0.5) is 5.69 Å². The molecule has 0 bridgehead atoms. The molecule has 0 heterocycles. The van der Waals surface area contributed by atoms with Gasteiger partial charge in [0, 0.05) is 12.0 Å². The lowest BCUT2D eigenvalue weighted by molar-refractivity contribution is -0.385. The van der Waals surface area contributed by atoms with Crippen molar-refractivity contribution in [3.63, 3.8) is 0 Å². The van der Waals surface area contributed by atoms with Gasteiger partial charge in [-0.15, -0.1) is 0 Å². The molecule has 0 saturated carbocycles. The van der Waals surface area contributed by atoms with Crippen molar-refractivity contribution in [2.75, 3.05) is 0 Å². The van der Waals surface area contributed by atoms with Crippen LogP contribution >= 0.6 is 0 Å². The van der Waals surface area contributed by atoms with Gasteiger partial charge in [0.05, 0.1) is 10.5 Å². The maximum absolute atomic E-state index is 11.3. The number of benzene rings is 2. The topological polar surface area (TPSA) is 118 Å². The van der Waals surface area contributed by atoms with E-state index in [-0.39, 0.29) is 23.1 Å². The number of aromatic carboxylic acids is 2. The van der Waals surface area contributed by atoms with Gasteiger partial charge in [-0.3, -0.25) is 10.1 Å². The van der Waals surface area contributed by atoms with E-state index >= 15 is 0 Å². The van der Waals surface area contributed by atoms with Crippen LogP contribution in [0, 0.1) is 17.0 Å². The minimum Gasteiger partial charge on any atom is -0.478 e. The number of carboxylic acids is 2. The molecule has 0 aromatic heterocycles. The molecule has 23 heavy (non-hydrogen) atoms. The van der Waals surface area contributed by atoms with E-state index in [0.29, 0.717) is 11.1 Å². The zero-order valence-corrected chi connectivity index (χ0v) is 12.1. The molecule has 2 aromatic carbocycles. The normalized spacial score (nSPS) is 10.3. The zero-order valence-electron chi connectivity index (χ0n) is 12.1. The van der Waals surface area contributed by atoms with Gasteiger partial charge in [0.15, 0.2) is 0 Å². The van der Waals surface area contributed by atoms with E-state index < -0.39 is 22.5 Å². The Morgan fingerprint density at radius 1 is 1.13 bits per heavy atom. The fraction of sp³-hybridized carbons (Fsp3) is 0.125. The Bertz CT molecular complexity index is 812. The number of rotatable bonds is 5. The van der Waals surface area contributed by atoms with E-state index in [2.05, 4.69) is 0 Å². The maximum atomic E-state index is 11.3. The summed E-state index contributed by atoms with van der Waals surface area (Å²) in [6, 6.07) is 8.79. The van der Waals surface area contributed by atoms with Gasteiger partial charge in [-0.2, -0.15) is 0 Å². The maximum Gasteiger partial charge on any atom is 0.342 e. The monoisotopic (exact) mass is 315 g/mol. The van der Waals surface area contributed by atoms with Gasteiger partial charge in [0.25, 0.3) is 5.69 Å². The highest BCUT2D eigenvalue weighted by molar-refractivity contribution is 5.93. The number of carboxylic acid groups (broad SMARTS) is 2. The molecule has 2 aromatic rings. The first-order valence-corrected chi connectivity index (χ1v) is 6.63. The highest BCUT2D eigenvalue weighted by atomic mass is 16.6. The second-order valence-electron chi connectivity index (χ2n) is 5.06. The standard InChI is InChI=1S/C16H13NO6/c1-9-5-12(14(17(22)23)13(6-9)16(20)21)8-10-3-2-4-11(7-10)15(18)19/h2-7H,8H2,1H3,(H,18,19)(H,20,21). The van der Waals surface area contributed by atoms with E-state index in [1.54, 1.807) is 19.1 Å². The van der Waals surface area contributed by atoms with Crippen LogP contribution in [0.5, 0.6) is 0 Å². The molecule has 7 heteroatoms. The first-order chi connectivity index (χ1) is 10.8. The summed E-state index contributed by atoms with van der Waals surface area (Å²) in [6.45, 7) is 1.65. The summed E-state index contributed by atoms with van der Waals surface area (Å²) in [4.78, 5) is 32.8. The zero-order chi connectivity index (χ0) is 17.1. The van der Waals surface area contributed by atoms with E-state index in [1.165, 1.54) is 24.3 Å². The molecule has 2 N–H and O–H groups in total. The second kappa shape index (κ2) is 6.27. The summed E-state index contributed by atoms with van der Waals surface area (Å²) in [5.74, 6) is -2.47. The third-order valence-corrected chi connectivity index (χ3v) is 3.31. The highest BCUT2D eigenvalue weighted by Gasteiger charge is 2.25. The number of nitro groups is 1. The molecule has 0 unspecified atom stereocenters. The fourth-order valence-corrected chi connectivity index (χ4v) is 2.40. The van der Waals surface area contributed by atoms with Gasteiger partial charge >= 0.3 is 11.9 Å². The van der Waals surface area contributed by atoms with Crippen molar-refractivity contribution in [2.24, 2.45) is 0 Å². The molecule has 0 fully saturated rings. The summed E-state index contributed by atoms with van der Waals surface area (Å²) in [7, 11) is 0. The van der Waals surface area contributed by atoms with Crippen molar-refractivity contribution >= 4 is 17.6 Å². The van der Waals surface area contributed by atoms with Crippen LogP contribution in [0.3, 0.4) is 0 Å². The lowest BCUT2D eigenvalue weighted by atomic mass is 9.97. The molecule has 0 radical (unpaired) electrons. The minimum atomic E-state index is -1.37. The quantitative estimate of drug-likeness (QED) is 0.647. The summed E-state index contributed by atoms with van der Waals surface area (Å²) in [6.07, 6.45) is 0.0688. The van der Waals surface area contributed by atoms with Crippen molar-refractivity contribution in [3.05, 3.63) is 74.3 Å². The minimum absolute atomic E-state index is 0.0660. The lowest BCUT2D eigenvalue weighted by Crippen LogP contribution is -2.07. The van der Waals surface area contributed by atoms with Gasteiger partial charge < -0.3 is 10.2 Å². The first-order valence-electron chi connectivity index (χ1n) is 6.63. The molecule has 0 atom stereocenters. The Morgan fingerprint density at radius 3 is 2.39 bits per heavy atom. The van der Waals surface area contributed by atoms with E-state index in [4.69, 9.17) is 10.2 Å². The van der Waals surface area contributed by atoms with Crippen molar-refractivity contribution in [1.29, 1.82) is 0 Å². The van der Waals surface area contributed by atoms with Gasteiger partial charge in [-0.25, -0.2) is 9.59 Å². The molecule has 0 aliphatic heterocycles. The van der Waals surface area contributed by atoms with Crippen LogP contribution in [0.25, 0.3) is 0 Å². The molecule has 7 nitrogen and oxygen atoms in total. The SMILES string of the molecule is Cc1cc(Cc2cccc(C(=O)O)c2)c([N+](=O)[O-])c(C(=O)O)c1. The fourth-order valence-electron chi connectivity index (χ4n) is 2.40. The van der Waals surface area contributed by atoms with E-state index in [1.807, 2.05) is 0 Å². The number of hydrogen-bond acceptors (Lipinski definition) is 4. The van der Waals surface area contributed by atoms with Crippen LogP contribution in [0.15, 0.2) is 36.4 Å². The molecule has 0 aliphatic carbocycles. The molecule has 0 spiro atoms. The number of nitrogens with zero attached hydrogens (tertiary/aromatic N) is 1. The van der Waals surface area contributed by atoms with E-state index in [0.717, 1.165) is 0 Å². The molecule has 118 valence electrons. The Labute approximate surface area is 131 Å². The van der Waals surface area contributed by atoms with Crippen LogP contribution in [0.2, 0.25) is 0 Å². The van der Waals surface area contributed by atoms with Gasteiger partial charge in [0.2, 0.25) is 0 Å². The third kappa shape index (κ3) is 3.52. The Kier molecular flexibility index (Phi) is 4.40. The molecule has 0 aliphatic rings. The van der Waals surface area contributed by atoms with Crippen LogP contribution in [-0.4, -0.2) is 27.1 Å². The molecule has 0 amide bonds. The lowest BCUT2D eigenvalue weighted by Gasteiger charge is -2.08. The van der Waals surface area contributed by atoms with Crippen molar-refractivity contribution in [3.8, 4) is 0 Å². The van der Waals surface area contributed by atoms with Crippen LogP contribution in [-0.2, 0) is 6.42 Å². The van der Waals surface area contributed by atoms with Crippen LogP contribution in [0.1, 0.15) is 37.4 Å². The number of aryl methyl sites for hydroxylation is 1. The summed E-state index contributed by atoms with van der Waals surface area (Å²) < 4.78 is 0. The largest absolute Gasteiger partial charge is 0.478 e. The number of hydrogen-bond donors (Lipinski definition) is 2. The van der Waals surface area contributed by atoms with E-state index in [9.17, 15) is 19.7 Å². The third-order valence-electron chi connectivity index (χ3n) is 3.31. The van der Waals surface area contributed by atoms with Crippen molar-refractivity contribution < 1.29 is 24.7 Å². The predicted octanol–water partition coefficient (Wildman–Crippen LogP) is 2.89. The first kappa shape index (κ1) is 16.2. The average molecular weight is 315 g/mol. The molecule has 2 rings (SSSR count). The summed E-state index contributed by atoms with van der Waals surface area (Å²) >= 11 is 0. The Hall–Kier alpha value is -3.22. The predicted molar refractivity (Wildman–Crippen MR) is 81.0 cm³/mol. The van der Waals surface area contributed by atoms with Crippen molar-refractivity contribution in [2.45, 2.75) is 13.3 Å². The number of nitro benzene ring substituents is 1. The number of carbonyl (C=O) groups is 2. The van der Waals surface area contributed by atoms with Crippen molar-refractivity contribution in [1.82, 2.24) is 0 Å². The highest BCUT2D eigenvalue weighted by Crippen LogP contribution is 2.28. The van der Waals surface area contributed by atoms with Gasteiger partial charge in [-0.05, 0) is 42.3 Å². The average Bonchev–Trinajstić information content (AvgIpc) is 2.46. The smallest absolute Gasteiger partial charge is 0.342 e. The van der Waals surface area contributed by atoms with Crippen LogP contribution < -0.4 is 0 Å². The molecule has 0 saturated heterocycles. The Morgan fingerprint density at radius 2 is 1.83 bits per heavy atom. The molecular formula is C16H13NO6. The summed E-state index contributed by atoms with van der Waals surface area (Å²) in [5.41, 5.74) is 0.585. The Balaban J connectivity index is 2.55. The second-order valence-corrected chi connectivity index (χ2v) is 5.06. The summed E-state index contributed by atoms with van der Waals surface area (Å²) in [5, 5.41) is 29.4.